The number of rotatable bonds is 3. The van der Waals surface area contributed by atoms with Gasteiger partial charge in [0.2, 0.25) is 0 Å². The number of hydrogen-bond acceptors (Lipinski definition) is 4. The van der Waals surface area contributed by atoms with Gasteiger partial charge in [0.25, 0.3) is 0 Å². The summed E-state index contributed by atoms with van der Waals surface area (Å²) in [5.74, 6) is -0.937. The number of carboxylic acid groups (broad SMARTS) is 1. The van der Waals surface area contributed by atoms with Crippen molar-refractivity contribution >= 4 is 22.5 Å². The standard InChI is InChI=1S/C20H19N3O3/c1-12-10-18(23(3)21-12)20(2)11-17(22-26-20)15-8-9-16(19(24)25)14-7-5-4-6-13(14)15/h4-10H,11H2,1-3H3,(H,24,25). The molecule has 0 amide bonds. The molecule has 2 aromatic carbocycles. The number of oxime groups is 1. The van der Waals surface area contributed by atoms with Crippen LogP contribution in [0.15, 0.2) is 47.6 Å². The number of hydrogen-bond donors (Lipinski definition) is 1. The van der Waals surface area contributed by atoms with Gasteiger partial charge in [0, 0.05) is 19.0 Å². The highest BCUT2D eigenvalue weighted by Crippen LogP contribution is 2.37. The van der Waals surface area contributed by atoms with Gasteiger partial charge >= 0.3 is 5.97 Å². The second kappa shape index (κ2) is 5.69. The van der Waals surface area contributed by atoms with Crippen molar-refractivity contribution in [2.45, 2.75) is 25.9 Å². The quantitative estimate of drug-likeness (QED) is 0.783. The van der Waals surface area contributed by atoms with Gasteiger partial charge < -0.3 is 9.94 Å². The molecule has 4 rings (SSSR count). The Balaban J connectivity index is 1.77. The molecule has 0 radical (unpaired) electrons. The molecule has 3 aromatic rings. The molecule has 6 heteroatoms. The van der Waals surface area contributed by atoms with Crippen LogP contribution in [-0.2, 0) is 17.5 Å². The second-order valence-electron chi connectivity index (χ2n) is 6.84. The maximum atomic E-state index is 11.5. The molecule has 0 spiro atoms. The Morgan fingerprint density at radius 2 is 1.96 bits per heavy atom. The smallest absolute Gasteiger partial charge is 0.336 e. The molecular formula is C20H19N3O3. The molecule has 1 aliphatic heterocycles. The van der Waals surface area contributed by atoms with Crippen LogP contribution in [0.5, 0.6) is 0 Å². The summed E-state index contributed by atoms with van der Waals surface area (Å²) in [5, 5.41) is 19.7. The lowest BCUT2D eigenvalue weighted by molar-refractivity contribution is -0.0136. The molecular weight excluding hydrogens is 330 g/mol. The predicted octanol–water partition coefficient (Wildman–Crippen LogP) is 3.62. The molecule has 26 heavy (non-hydrogen) atoms. The monoisotopic (exact) mass is 349 g/mol. The van der Waals surface area contributed by atoms with Crippen molar-refractivity contribution < 1.29 is 14.7 Å². The molecule has 0 saturated heterocycles. The van der Waals surface area contributed by atoms with Gasteiger partial charge in [-0.1, -0.05) is 35.5 Å². The van der Waals surface area contributed by atoms with E-state index in [2.05, 4.69) is 10.3 Å². The highest BCUT2D eigenvalue weighted by Gasteiger charge is 2.39. The number of carboxylic acids is 1. The Morgan fingerprint density at radius 3 is 2.62 bits per heavy atom. The van der Waals surface area contributed by atoms with E-state index in [1.807, 2.05) is 62.0 Å². The number of aromatic carboxylic acids is 1. The topological polar surface area (TPSA) is 76.7 Å². The van der Waals surface area contributed by atoms with Crippen LogP contribution in [0.4, 0.5) is 0 Å². The first-order chi connectivity index (χ1) is 12.4. The maximum absolute atomic E-state index is 11.5. The van der Waals surface area contributed by atoms with Crippen molar-refractivity contribution in [2.24, 2.45) is 12.2 Å². The van der Waals surface area contributed by atoms with Gasteiger partial charge in [0.05, 0.1) is 22.7 Å². The molecule has 1 atom stereocenters. The van der Waals surface area contributed by atoms with E-state index in [-0.39, 0.29) is 5.56 Å². The van der Waals surface area contributed by atoms with Crippen molar-refractivity contribution in [1.82, 2.24) is 9.78 Å². The van der Waals surface area contributed by atoms with Crippen molar-refractivity contribution in [3.05, 3.63) is 65.0 Å². The molecule has 132 valence electrons. The molecule has 0 fully saturated rings. The predicted molar refractivity (Wildman–Crippen MR) is 98.4 cm³/mol. The molecule has 6 nitrogen and oxygen atoms in total. The number of carbonyl (C=O) groups is 1. The van der Waals surface area contributed by atoms with Gasteiger partial charge in [0.1, 0.15) is 0 Å². The Hall–Kier alpha value is -3.15. The van der Waals surface area contributed by atoms with E-state index in [1.165, 1.54) is 0 Å². The fourth-order valence-electron chi connectivity index (χ4n) is 3.66. The molecule has 2 heterocycles. The zero-order chi connectivity index (χ0) is 18.5. The Bertz CT molecular complexity index is 1070. The van der Waals surface area contributed by atoms with Crippen LogP contribution in [0, 0.1) is 6.92 Å². The van der Waals surface area contributed by atoms with Gasteiger partial charge in [-0.25, -0.2) is 4.79 Å². The summed E-state index contributed by atoms with van der Waals surface area (Å²) >= 11 is 0. The van der Waals surface area contributed by atoms with Crippen molar-refractivity contribution in [2.75, 3.05) is 0 Å². The Morgan fingerprint density at radius 1 is 1.23 bits per heavy atom. The van der Waals surface area contributed by atoms with E-state index in [0.717, 1.165) is 28.0 Å². The molecule has 1 aliphatic rings. The Kier molecular flexibility index (Phi) is 3.57. The molecule has 1 N–H and O–H groups in total. The number of benzene rings is 2. The fraction of sp³-hybridized carbons (Fsp3) is 0.250. The number of nitrogens with zero attached hydrogens (tertiary/aromatic N) is 3. The molecule has 1 unspecified atom stereocenters. The minimum atomic E-state index is -0.937. The number of fused-ring (bicyclic) bond motifs is 1. The number of aromatic nitrogens is 2. The van der Waals surface area contributed by atoms with Crippen LogP contribution in [0.25, 0.3) is 10.8 Å². The van der Waals surface area contributed by atoms with E-state index >= 15 is 0 Å². The van der Waals surface area contributed by atoms with Gasteiger partial charge in [-0.05, 0) is 36.8 Å². The first kappa shape index (κ1) is 16.3. The lowest BCUT2D eigenvalue weighted by Gasteiger charge is -2.21. The first-order valence-corrected chi connectivity index (χ1v) is 8.40. The van der Waals surface area contributed by atoms with Crippen LogP contribution in [-0.4, -0.2) is 26.6 Å². The lowest BCUT2D eigenvalue weighted by atomic mass is 9.89. The van der Waals surface area contributed by atoms with Gasteiger partial charge in [-0.2, -0.15) is 5.10 Å². The SMILES string of the molecule is Cc1cc(C2(C)CC(c3ccc(C(=O)O)c4ccccc34)=NO2)n(C)n1. The summed E-state index contributed by atoms with van der Waals surface area (Å²) in [5.41, 5.74) is 3.27. The summed E-state index contributed by atoms with van der Waals surface area (Å²) in [6.07, 6.45) is 0.586. The zero-order valence-corrected chi connectivity index (χ0v) is 14.9. The van der Waals surface area contributed by atoms with E-state index in [0.29, 0.717) is 11.8 Å². The van der Waals surface area contributed by atoms with Crippen LogP contribution < -0.4 is 0 Å². The fourth-order valence-corrected chi connectivity index (χ4v) is 3.66. The summed E-state index contributed by atoms with van der Waals surface area (Å²) in [6, 6.07) is 12.9. The van der Waals surface area contributed by atoms with E-state index < -0.39 is 11.6 Å². The summed E-state index contributed by atoms with van der Waals surface area (Å²) in [4.78, 5) is 17.3. The summed E-state index contributed by atoms with van der Waals surface area (Å²) in [7, 11) is 1.89. The Labute approximate surface area is 150 Å². The number of aryl methyl sites for hydroxylation is 2. The largest absolute Gasteiger partial charge is 0.478 e. The molecule has 1 aromatic heterocycles. The van der Waals surface area contributed by atoms with Gasteiger partial charge in [0.15, 0.2) is 5.60 Å². The summed E-state index contributed by atoms with van der Waals surface area (Å²) < 4.78 is 1.82. The highest BCUT2D eigenvalue weighted by atomic mass is 16.7. The van der Waals surface area contributed by atoms with Crippen LogP contribution in [0.1, 0.15) is 40.7 Å². The normalized spacial score (nSPS) is 19.4. The van der Waals surface area contributed by atoms with Crippen molar-refractivity contribution in [3.63, 3.8) is 0 Å². The van der Waals surface area contributed by atoms with Gasteiger partial charge in [-0.3, -0.25) is 4.68 Å². The molecule has 0 saturated carbocycles. The van der Waals surface area contributed by atoms with E-state index in [4.69, 9.17) is 4.84 Å². The highest BCUT2D eigenvalue weighted by molar-refractivity contribution is 6.15. The van der Waals surface area contributed by atoms with Crippen LogP contribution >= 0.6 is 0 Å². The van der Waals surface area contributed by atoms with Crippen molar-refractivity contribution in [1.29, 1.82) is 0 Å². The average molecular weight is 349 g/mol. The van der Waals surface area contributed by atoms with Crippen LogP contribution in [0.2, 0.25) is 0 Å². The third-order valence-electron chi connectivity index (χ3n) is 4.87. The third kappa shape index (κ3) is 2.45. The van der Waals surface area contributed by atoms with E-state index in [1.54, 1.807) is 6.07 Å². The minimum Gasteiger partial charge on any atom is -0.478 e. The third-order valence-corrected chi connectivity index (χ3v) is 4.87. The van der Waals surface area contributed by atoms with Gasteiger partial charge in [-0.15, -0.1) is 0 Å². The van der Waals surface area contributed by atoms with Crippen molar-refractivity contribution in [3.8, 4) is 0 Å². The lowest BCUT2D eigenvalue weighted by Crippen LogP contribution is -2.25. The minimum absolute atomic E-state index is 0.286. The zero-order valence-electron chi connectivity index (χ0n) is 14.9. The second-order valence-corrected chi connectivity index (χ2v) is 6.84. The molecule has 0 bridgehead atoms. The summed E-state index contributed by atoms with van der Waals surface area (Å²) in [6.45, 7) is 3.94. The van der Waals surface area contributed by atoms with Crippen LogP contribution in [0.3, 0.4) is 0 Å². The molecule has 0 aliphatic carbocycles. The average Bonchev–Trinajstić information content (AvgIpc) is 3.17. The first-order valence-electron chi connectivity index (χ1n) is 8.40. The maximum Gasteiger partial charge on any atom is 0.336 e. The van der Waals surface area contributed by atoms with E-state index in [9.17, 15) is 9.90 Å².